The van der Waals surface area contributed by atoms with Crippen LogP contribution in [0.15, 0.2) is 0 Å². The van der Waals surface area contributed by atoms with Crippen LogP contribution in [0.1, 0.15) is 128 Å². The molecule has 0 heterocycles. The zero-order chi connectivity index (χ0) is 24.0. The number of hydrogen-bond donors (Lipinski definition) is 0. The van der Waals surface area contributed by atoms with Gasteiger partial charge in [0.1, 0.15) is 0 Å². The van der Waals surface area contributed by atoms with Gasteiger partial charge in [0, 0.05) is 0 Å². The molecule has 1 aliphatic carbocycles. The summed E-state index contributed by atoms with van der Waals surface area (Å²) in [7, 11) is 0. The van der Waals surface area contributed by atoms with Crippen LogP contribution in [0, 0.1) is 45.8 Å². The molecule has 1 rings (SSSR count). The summed E-state index contributed by atoms with van der Waals surface area (Å²) in [6, 6.07) is 0. The van der Waals surface area contributed by atoms with Gasteiger partial charge in [-0.25, -0.2) is 0 Å². The number of hydrogen-bond acceptors (Lipinski definition) is 2. The Hall–Kier alpha value is -0.530. The molecule has 0 aromatic carbocycles. The molecule has 184 valence electrons. The molecule has 3 atom stereocenters. The lowest BCUT2D eigenvalue weighted by molar-refractivity contribution is -0.152. The van der Waals surface area contributed by atoms with Crippen LogP contribution in [-0.4, -0.2) is 12.6 Å². The molecule has 0 radical (unpaired) electrons. The van der Waals surface area contributed by atoms with Crippen molar-refractivity contribution in [2.45, 2.75) is 128 Å². The van der Waals surface area contributed by atoms with Crippen molar-refractivity contribution in [3.8, 4) is 0 Å². The molecule has 0 amide bonds. The van der Waals surface area contributed by atoms with E-state index in [1.165, 1.54) is 25.7 Å². The van der Waals surface area contributed by atoms with Crippen LogP contribution in [0.3, 0.4) is 0 Å². The summed E-state index contributed by atoms with van der Waals surface area (Å²) in [5, 5.41) is 0. The maximum atomic E-state index is 12.9. The second-order valence-electron chi connectivity index (χ2n) is 14.5. The average Bonchev–Trinajstić information content (AvgIpc) is 2.57. The first-order valence-corrected chi connectivity index (χ1v) is 13.1. The number of esters is 1. The van der Waals surface area contributed by atoms with Gasteiger partial charge in [0.2, 0.25) is 0 Å². The van der Waals surface area contributed by atoms with Crippen LogP contribution in [0.2, 0.25) is 0 Å². The summed E-state index contributed by atoms with van der Waals surface area (Å²) < 4.78 is 5.99. The minimum absolute atomic E-state index is 0.0723. The Labute approximate surface area is 195 Å². The first-order chi connectivity index (χ1) is 14.0. The minimum Gasteiger partial charge on any atom is -0.465 e. The highest BCUT2D eigenvalue weighted by Gasteiger charge is 2.33. The van der Waals surface area contributed by atoms with Crippen molar-refractivity contribution in [3.05, 3.63) is 0 Å². The molecular weight excluding hydrogens is 380 g/mol. The fourth-order valence-corrected chi connectivity index (χ4v) is 5.81. The molecular formula is C29H56O2. The van der Waals surface area contributed by atoms with Gasteiger partial charge in [-0.05, 0) is 84.9 Å². The lowest BCUT2D eigenvalue weighted by Gasteiger charge is -2.36. The summed E-state index contributed by atoms with van der Waals surface area (Å²) >= 11 is 0. The molecule has 31 heavy (non-hydrogen) atoms. The molecule has 1 aliphatic rings. The molecule has 0 aliphatic heterocycles. The Kier molecular flexibility index (Phi) is 10.6. The molecule has 2 heteroatoms. The largest absolute Gasteiger partial charge is 0.465 e. The summed E-state index contributed by atoms with van der Waals surface area (Å²) in [5.41, 5.74) is 1.04. The van der Waals surface area contributed by atoms with Crippen molar-refractivity contribution < 1.29 is 9.53 Å². The van der Waals surface area contributed by atoms with Crippen molar-refractivity contribution in [1.29, 1.82) is 0 Å². The van der Waals surface area contributed by atoms with Crippen molar-refractivity contribution in [3.63, 3.8) is 0 Å². The maximum Gasteiger partial charge on any atom is 0.308 e. The van der Waals surface area contributed by atoms with Crippen LogP contribution in [0.5, 0.6) is 0 Å². The fraction of sp³-hybridized carbons (Fsp3) is 0.966. The molecule has 1 fully saturated rings. The number of carbonyl (C=O) groups excluding carboxylic acids is 1. The second-order valence-corrected chi connectivity index (χ2v) is 14.5. The first-order valence-electron chi connectivity index (χ1n) is 13.1. The van der Waals surface area contributed by atoms with Gasteiger partial charge in [0.05, 0.1) is 12.5 Å². The molecule has 0 N–H and O–H groups in total. The van der Waals surface area contributed by atoms with Crippen LogP contribution < -0.4 is 0 Å². The Bertz CT molecular complexity index is 520. The number of ether oxygens (including phenoxy) is 1. The van der Waals surface area contributed by atoms with E-state index in [0.717, 1.165) is 31.6 Å². The van der Waals surface area contributed by atoms with Crippen LogP contribution in [0.25, 0.3) is 0 Å². The zero-order valence-corrected chi connectivity index (χ0v) is 23.1. The molecule has 0 spiro atoms. The summed E-state index contributed by atoms with van der Waals surface area (Å²) in [6.07, 6.45) is 9.17. The SMILES string of the molecule is CC(CCC(COC(=O)C1CCC(C(C)(C)C)CC1)C(C)CC(C)(C)C)CC(C)(C)C. The van der Waals surface area contributed by atoms with Gasteiger partial charge < -0.3 is 4.74 Å². The number of rotatable bonds is 9. The van der Waals surface area contributed by atoms with Crippen LogP contribution in [-0.2, 0) is 9.53 Å². The lowest BCUT2D eigenvalue weighted by atomic mass is 9.70. The lowest BCUT2D eigenvalue weighted by Crippen LogP contribution is -2.31. The van der Waals surface area contributed by atoms with E-state index >= 15 is 0 Å². The highest BCUT2D eigenvalue weighted by molar-refractivity contribution is 5.72. The predicted molar refractivity (Wildman–Crippen MR) is 135 cm³/mol. The van der Waals surface area contributed by atoms with Crippen LogP contribution >= 0.6 is 0 Å². The van der Waals surface area contributed by atoms with E-state index in [9.17, 15) is 4.79 Å². The van der Waals surface area contributed by atoms with Gasteiger partial charge in [-0.15, -0.1) is 0 Å². The molecule has 0 saturated heterocycles. The van der Waals surface area contributed by atoms with E-state index in [2.05, 4.69) is 76.2 Å². The third kappa shape index (κ3) is 11.8. The Morgan fingerprint density at radius 1 is 0.806 bits per heavy atom. The van der Waals surface area contributed by atoms with Crippen molar-refractivity contribution in [2.24, 2.45) is 45.8 Å². The van der Waals surface area contributed by atoms with Gasteiger partial charge in [-0.3, -0.25) is 4.79 Å². The third-order valence-corrected chi connectivity index (χ3v) is 7.46. The topological polar surface area (TPSA) is 26.3 Å². The predicted octanol–water partition coefficient (Wildman–Crippen LogP) is 8.92. The van der Waals surface area contributed by atoms with E-state index in [1.807, 2.05) is 0 Å². The standard InChI is InChI=1S/C29H56O2/c1-21(18-27(3,4)5)12-13-24(22(2)19-28(6,7)8)20-31-26(30)23-14-16-25(17-15-23)29(9,10)11/h21-25H,12-20H2,1-11H3. The van der Waals surface area contributed by atoms with Gasteiger partial charge in [-0.1, -0.05) is 82.6 Å². The van der Waals surface area contributed by atoms with Gasteiger partial charge >= 0.3 is 5.97 Å². The summed E-state index contributed by atoms with van der Waals surface area (Å²) in [6.45, 7) is 26.3. The average molecular weight is 437 g/mol. The first kappa shape index (κ1) is 28.5. The molecule has 1 saturated carbocycles. The minimum atomic E-state index is 0.0723. The molecule has 0 aromatic rings. The van der Waals surface area contributed by atoms with Gasteiger partial charge in [-0.2, -0.15) is 0 Å². The van der Waals surface area contributed by atoms with Gasteiger partial charge in [0.15, 0.2) is 0 Å². The van der Waals surface area contributed by atoms with Gasteiger partial charge in [0.25, 0.3) is 0 Å². The second kappa shape index (κ2) is 11.6. The Morgan fingerprint density at radius 3 is 1.77 bits per heavy atom. The van der Waals surface area contributed by atoms with Crippen molar-refractivity contribution in [1.82, 2.24) is 0 Å². The van der Waals surface area contributed by atoms with E-state index in [0.29, 0.717) is 40.6 Å². The third-order valence-electron chi connectivity index (χ3n) is 7.46. The normalized spacial score (nSPS) is 23.8. The zero-order valence-electron chi connectivity index (χ0n) is 23.1. The van der Waals surface area contributed by atoms with E-state index in [4.69, 9.17) is 4.74 Å². The van der Waals surface area contributed by atoms with E-state index in [-0.39, 0.29) is 11.9 Å². The molecule has 2 nitrogen and oxygen atoms in total. The van der Waals surface area contributed by atoms with E-state index < -0.39 is 0 Å². The number of carbonyl (C=O) groups is 1. The summed E-state index contributed by atoms with van der Waals surface area (Å²) in [5.74, 6) is 2.69. The highest BCUT2D eigenvalue weighted by Crippen LogP contribution is 2.40. The maximum absolute atomic E-state index is 12.9. The van der Waals surface area contributed by atoms with E-state index in [1.54, 1.807) is 0 Å². The fourth-order valence-electron chi connectivity index (χ4n) is 5.81. The summed E-state index contributed by atoms with van der Waals surface area (Å²) in [4.78, 5) is 12.9. The van der Waals surface area contributed by atoms with Crippen LogP contribution in [0.4, 0.5) is 0 Å². The quantitative estimate of drug-likeness (QED) is 0.337. The molecule has 0 bridgehead atoms. The Morgan fingerprint density at radius 2 is 1.32 bits per heavy atom. The van der Waals surface area contributed by atoms with Crippen molar-refractivity contribution >= 4 is 5.97 Å². The van der Waals surface area contributed by atoms with Crippen molar-refractivity contribution in [2.75, 3.05) is 6.61 Å². The smallest absolute Gasteiger partial charge is 0.308 e. The molecule has 3 unspecified atom stereocenters. The molecule has 0 aromatic heterocycles. The highest BCUT2D eigenvalue weighted by atomic mass is 16.5. The Balaban J connectivity index is 2.63. The monoisotopic (exact) mass is 436 g/mol.